The summed E-state index contributed by atoms with van der Waals surface area (Å²) in [5.41, 5.74) is 7.19. The third-order valence-electron chi connectivity index (χ3n) is 2.28. The van der Waals surface area contributed by atoms with Crippen LogP contribution in [0.3, 0.4) is 0 Å². The number of nitrogens with two attached hydrogens (primary N) is 1. The standard InChI is InChI=1S/C10H14N4O2S/c1-17(15,16)12-4-5-14-7-8-6-9(11)2-3-10(8)13-14/h2-3,6-7,12H,4-5,11H2,1H3. The zero-order valence-electron chi connectivity index (χ0n) is 9.42. The van der Waals surface area contributed by atoms with E-state index in [1.54, 1.807) is 10.7 Å². The molecule has 0 bridgehead atoms. The number of aromatic nitrogens is 2. The Bertz CT molecular complexity index is 633. The van der Waals surface area contributed by atoms with E-state index in [9.17, 15) is 8.42 Å². The van der Waals surface area contributed by atoms with E-state index in [0.717, 1.165) is 17.2 Å². The number of nitrogen functional groups attached to an aromatic ring is 1. The summed E-state index contributed by atoms with van der Waals surface area (Å²) in [6.07, 6.45) is 2.98. The molecule has 2 rings (SSSR count). The van der Waals surface area contributed by atoms with Gasteiger partial charge < -0.3 is 5.73 Å². The average Bonchev–Trinajstić information content (AvgIpc) is 2.57. The van der Waals surface area contributed by atoms with Gasteiger partial charge in [-0.05, 0) is 18.2 Å². The van der Waals surface area contributed by atoms with Crippen LogP contribution in [0, 0.1) is 0 Å². The van der Waals surface area contributed by atoms with Gasteiger partial charge in [0.25, 0.3) is 0 Å². The van der Waals surface area contributed by atoms with E-state index in [4.69, 9.17) is 5.73 Å². The number of hydrogen-bond donors (Lipinski definition) is 2. The molecule has 0 unspecified atom stereocenters. The molecule has 17 heavy (non-hydrogen) atoms. The highest BCUT2D eigenvalue weighted by molar-refractivity contribution is 7.88. The lowest BCUT2D eigenvalue weighted by Gasteiger charge is -2.01. The lowest BCUT2D eigenvalue weighted by Crippen LogP contribution is -2.26. The molecule has 92 valence electrons. The first kappa shape index (κ1) is 11.9. The molecule has 0 aliphatic carbocycles. The van der Waals surface area contributed by atoms with Crippen LogP contribution in [0.2, 0.25) is 0 Å². The van der Waals surface area contributed by atoms with E-state index in [0.29, 0.717) is 18.8 Å². The molecule has 0 atom stereocenters. The van der Waals surface area contributed by atoms with Crippen LogP contribution in [0.1, 0.15) is 0 Å². The van der Waals surface area contributed by atoms with Crippen molar-refractivity contribution in [2.45, 2.75) is 6.54 Å². The predicted octanol–water partition coefficient (Wildman–Crippen LogP) is 0.168. The smallest absolute Gasteiger partial charge is 0.208 e. The molecule has 6 nitrogen and oxygen atoms in total. The highest BCUT2D eigenvalue weighted by atomic mass is 32.2. The van der Waals surface area contributed by atoms with Crippen molar-refractivity contribution in [3.8, 4) is 0 Å². The highest BCUT2D eigenvalue weighted by Crippen LogP contribution is 2.15. The topological polar surface area (TPSA) is 90.0 Å². The fourth-order valence-corrected chi connectivity index (χ4v) is 2.02. The first-order chi connectivity index (χ1) is 7.94. The Morgan fingerprint density at radius 2 is 2.24 bits per heavy atom. The fraction of sp³-hybridized carbons (Fsp3) is 0.300. The first-order valence-electron chi connectivity index (χ1n) is 5.11. The summed E-state index contributed by atoms with van der Waals surface area (Å²) in [7, 11) is -3.14. The van der Waals surface area contributed by atoms with Crippen molar-refractivity contribution in [3.05, 3.63) is 24.4 Å². The Hall–Kier alpha value is -1.60. The van der Waals surface area contributed by atoms with E-state index in [1.165, 1.54) is 0 Å². The number of sulfonamides is 1. The normalized spacial score (nSPS) is 12.1. The number of benzene rings is 1. The molecule has 0 saturated carbocycles. The molecule has 0 fully saturated rings. The van der Waals surface area contributed by atoms with Crippen LogP contribution in [0.5, 0.6) is 0 Å². The number of anilines is 1. The molecule has 1 aromatic heterocycles. The van der Waals surface area contributed by atoms with Crippen LogP contribution < -0.4 is 10.5 Å². The van der Waals surface area contributed by atoms with Crippen molar-refractivity contribution >= 4 is 26.6 Å². The summed E-state index contributed by atoms with van der Waals surface area (Å²) in [5, 5.41) is 5.25. The summed E-state index contributed by atoms with van der Waals surface area (Å²) >= 11 is 0. The Morgan fingerprint density at radius 1 is 1.47 bits per heavy atom. The van der Waals surface area contributed by atoms with Gasteiger partial charge in [-0.2, -0.15) is 5.10 Å². The third-order valence-corrected chi connectivity index (χ3v) is 3.01. The van der Waals surface area contributed by atoms with E-state index in [2.05, 4.69) is 9.82 Å². The van der Waals surface area contributed by atoms with Gasteiger partial charge in [-0.25, -0.2) is 13.1 Å². The number of fused-ring (bicyclic) bond motifs is 1. The van der Waals surface area contributed by atoms with E-state index >= 15 is 0 Å². The van der Waals surface area contributed by atoms with Crippen LogP contribution in [-0.4, -0.2) is 31.0 Å². The van der Waals surface area contributed by atoms with Gasteiger partial charge in [0.1, 0.15) is 0 Å². The number of rotatable bonds is 4. The first-order valence-corrected chi connectivity index (χ1v) is 7.00. The molecule has 2 aromatic rings. The number of hydrogen-bond acceptors (Lipinski definition) is 4. The molecule has 7 heteroatoms. The summed E-state index contributed by atoms with van der Waals surface area (Å²) in [6.45, 7) is 0.809. The second kappa shape index (κ2) is 4.34. The molecule has 1 heterocycles. The summed E-state index contributed by atoms with van der Waals surface area (Å²) < 4.78 is 25.9. The van der Waals surface area contributed by atoms with Crippen molar-refractivity contribution in [3.63, 3.8) is 0 Å². The number of nitrogens with zero attached hydrogens (tertiary/aromatic N) is 2. The van der Waals surface area contributed by atoms with Gasteiger partial charge in [0.2, 0.25) is 10.0 Å². The summed E-state index contributed by atoms with van der Waals surface area (Å²) in [4.78, 5) is 0. The van der Waals surface area contributed by atoms with Crippen LogP contribution in [0.4, 0.5) is 5.69 Å². The van der Waals surface area contributed by atoms with Crippen molar-refractivity contribution < 1.29 is 8.42 Å². The van der Waals surface area contributed by atoms with E-state index in [1.807, 2.05) is 18.3 Å². The summed E-state index contributed by atoms with van der Waals surface area (Å²) in [6, 6.07) is 5.46. The summed E-state index contributed by atoms with van der Waals surface area (Å²) in [5.74, 6) is 0. The molecule has 0 radical (unpaired) electrons. The van der Waals surface area contributed by atoms with Crippen molar-refractivity contribution in [1.82, 2.24) is 14.5 Å². The SMILES string of the molecule is CS(=O)(=O)NCCn1cc2cc(N)ccc2n1. The predicted molar refractivity (Wildman–Crippen MR) is 67.0 cm³/mol. The Labute approximate surface area is 99.5 Å². The van der Waals surface area contributed by atoms with Crippen LogP contribution in [-0.2, 0) is 16.6 Å². The minimum atomic E-state index is -3.14. The second-order valence-electron chi connectivity index (χ2n) is 3.88. The van der Waals surface area contributed by atoms with Gasteiger partial charge in [-0.3, -0.25) is 4.68 Å². The molecule has 0 aliphatic heterocycles. The van der Waals surface area contributed by atoms with Crippen LogP contribution >= 0.6 is 0 Å². The molecule has 1 aromatic carbocycles. The molecule has 3 N–H and O–H groups in total. The monoisotopic (exact) mass is 254 g/mol. The zero-order chi connectivity index (χ0) is 12.5. The molecule has 0 aliphatic rings. The lowest BCUT2D eigenvalue weighted by atomic mass is 10.2. The maximum atomic E-state index is 10.9. The molecule has 0 spiro atoms. The minimum Gasteiger partial charge on any atom is -0.399 e. The Balaban J connectivity index is 2.09. The van der Waals surface area contributed by atoms with Crippen LogP contribution in [0.15, 0.2) is 24.4 Å². The molecule has 0 saturated heterocycles. The van der Waals surface area contributed by atoms with E-state index in [-0.39, 0.29) is 0 Å². The van der Waals surface area contributed by atoms with Crippen molar-refractivity contribution in [1.29, 1.82) is 0 Å². The fourth-order valence-electron chi connectivity index (χ4n) is 1.56. The minimum absolute atomic E-state index is 0.322. The Kier molecular flexibility index (Phi) is 3.03. The Morgan fingerprint density at radius 3 is 2.94 bits per heavy atom. The van der Waals surface area contributed by atoms with E-state index < -0.39 is 10.0 Å². The third kappa shape index (κ3) is 3.18. The average molecular weight is 254 g/mol. The maximum absolute atomic E-state index is 10.9. The van der Waals surface area contributed by atoms with Crippen LogP contribution in [0.25, 0.3) is 10.9 Å². The quantitative estimate of drug-likeness (QED) is 0.761. The van der Waals surface area contributed by atoms with Crippen molar-refractivity contribution in [2.75, 3.05) is 18.5 Å². The molecular weight excluding hydrogens is 240 g/mol. The van der Waals surface area contributed by atoms with Gasteiger partial charge >= 0.3 is 0 Å². The second-order valence-corrected chi connectivity index (χ2v) is 5.71. The highest BCUT2D eigenvalue weighted by Gasteiger charge is 2.03. The molecular formula is C10H14N4O2S. The van der Waals surface area contributed by atoms with Crippen molar-refractivity contribution in [2.24, 2.45) is 0 Å². The maximum Gasteiger partial charge on any atom is 0.208 e. The van der Waals surface area contributed by atoms with Gasteiger partial charge in [0.15, 0.2) is 0 Å². The van der Waals surface area contributed by atoms with Gasteiger partial charge in [-0.1, -0.05) is 0 Å². The molecule has 0 amide bonds. The lowest BCUT2D eigenvalue weighted by molar-refractivity contribution is 0.567. The van der Waals surface area contributed by atoms with Gasteiger partial charge in [0.05, 0.1) is 18.3 Å². The zero-order valence-corrected chi connectivity index (χ0v) is 10.2. The van der Waals surface area contributed by atoms with Gasteiger partial charge in [-0.15, -0.1) is 0 Å². The van der Waals surface area contributed by atoms with Gasteiger partial charge in [0, 0.05) is 23.8 Å². The number of nitrogens with one attached hydrogen (secondary N) is 1. The largest absolute Gasteiger partial charge is 0.399 e.